The van der Waals surface area contributed by atoms with Crippen LogP contribution in [0.15, 0.2) is 23.1 Å². The third-order valence-electron chi connectivity index (χ3n) is 5.38. The summed E-state index contributed by atoms with van der Waals surface area (Å²) in [7, 11) is 0. The lowest BCUT2D eigenvalue weighted by atomic mass is 9.96. The number of allylic oxidation sites excluding steroid dienone is 1. The van der Waals surface area contributed by atoms with Crippen molar-refractivity contribution in [2.24, 2.45) is 0 Å². The monoisotopic (exact) mass is 387 g/mol. The predicted molar refractivity (Wildman–Crippen MR) is 108 cm³/mol. The smallest absolute Gasteiger partial charge is 0.341 e. The van der Waals surface area contributed by atoms with Crippen LogP contribution in [0.25, 0.3) is 17.0 Å². The molecule has 0 saturated carbocycles. The van der Waals surface area contributed by atoms with Gasteiger partial charge in [0.1, 0.15) is 5.56 Å². The molecule has 6 nitrogen and oxygen atoms in total. The van der Waals surface area contributed by atoms with E-state index < -0.39 is 11.4 Å². The summed E-state index contributed by atoms with van der Waals surface area (Å²) >= 11 is 6.64. The number of nitrogens with one attached hydrogen (secondary N) is 1. The van der Waals surface area contributed by atoms with Crippen molar-refractivity contribution in [2.45, 2.75) is 32.4 Å². The van der Waals surface area contributed by atoms with Crippen molar-refractivity contribution in [3.8, 4) is 0 Å². The minimum Gasteiger partial charge on any atom is -0.477 e. The average Bonchev–Trinajstić information content (AvgIpc) is 2.58. The Labute approximate surface area is 162 Å². The molecule has 142 valence electrons. The zero-order valence-corrected chi connectivity index (χ0v) is 16.3. The van der Waals surface area contributed by atoms with E-state index in [1.807, 2.05) is 23.6 Å². The van der Waals surface area contributed by atoms with Gasteiger partial charge in [-0.3, -0.25) is 4.79 Å². The highest BCUT2D eigenvalue weighted by atomic mass is 35.5. The Bertz CT molecular complexity index is 1050. The van der Waals surface area contributed by atoms with Crippen LogP contribution in [0.3, 0.4) is 0 Å². The molecule has 27 heavy (non-hydrogen) atoms. The third-order valence-corrected chi connectivity index (χ3v) is 5.66. The van der Waals surface area contributed by atoms with Gasteiger partial charge in [-0.15, -0.1) is 0 Å². The number of pyridine rings is 1. The van der Waals surface area contributed by atoms with Crippen molar-refractivity contribution in [1.82, 2.24) is 9.88 Å². The zero-order valence-electron chi connectivity index (χ0n) is 15.5. The standard InChI is InChI=1S/C20H22ClN3O3/c1-11-4-5-12-16-13(18(25)14(19(26)27)9-24(11)16)8-15(21)17(12)23-7-6-22-20(2,3)10-23/h4-5,8-9,11,22H,6-7,10H2,1-3H3,(H,26,27). The molecule has 1 aromatic heterocycles. The maximum atomic E-state index is 12.8. The highest BCUT2D eigenvalue weighted by molar-refractivity contribution is 6.35. The molecule has 1 unspecified atom stereocenters. The largest absolute Gasteiger partial charge is 0.477 e. The van der Waals surface area contributed by atoms with E-state index in [1.54, 1.807) is 6.07 Å². The molecule has 2 aromatic rings. The van der Waals surface area contributed by atoms with Crippen LogP contribution in [0, 0.1) is 0 Å². The molecule has 0 spiro atoms. The van der Waals surface area contributed by atoms with Gasteiger partial charge in [-0.1, -0.05) is 23.8 Å². The lowest BCUT2D eigenvalue weighted by Gasteiger charge is -2.41. The Morgan fingerprint density at radius 1 is 1.41 bits per heavy atom. The van der Waals surface area contributed by atoms with Crippen LogP contribution in [-0.4, -0.2) is 40.8 Å². The van der Waals surface area contributed by atoms with Crippen LogP contribution in [0.1, 0.15) is 42.7 Å². The molecule has 1 aromatic carbocycles. The van der Waals surface area contributed by atoms with Crippen molar-refractivity contribution in [3.63, 3.8) is 0 Å². The van der Waals surface area contributed by atoms with Gasteiger partial charge in [-0.25, -0.2) is 4.79 Å². The van der Waals surface area contributed by atoms with Crippen LogP contribution in [0.2, 0.25) is 5.02 Å². The van der Waals surface area contributed by atoms with E-state index in [1.165, 1.54) is 6.20 Å². The van der Waals surface area contributed by atoms with Crippen LogP contribution < -0.4 is 15.6 Å². The summed E-state index contributed by atoms with van der Waals surface area (Å²) in [5.74, 6) is -1.22. The van der Waals surface area contributed by atoms with E-state index in [0.29, 0.717) is 10.4 Å². The molecule has 2 aliphatic heterocycles. The van der Waals surface area contributed by atoms with Crippen LogP contribution in [0.4, 0.5) is 5.69 Å². The fraction of sp³-hybridized carbons (Fsp3) is 0.400. The number of carboxylic acid groups (broad SMARTS) is 1. The van der Waals surface area contributed by atoms with Crippen molar-refractivity contribution >= 4 is 40.2 Å². The van der Waals surface area contributed by atoms with Gasteiger partial charge < -0.3 is 19.9 Å². The lowest BCUT2D eigenvalue weighted by Crippen LogP contribution is -2.57. The lowest BCUT2D eigenvalue weighted by molar-refractivity contribution is 0.0695. The normalized spacial score (nSPS) is 20.9. The molecule has 2 N–H and O–H groups in total. The first-order chi connectivity index (χ1) is 12.7. The number of anilines is 1. The number of carbonyl (C=O) groups is 1. The number of benzene rings is 1. The maximum absolute atomic E-state index is 12.8. The topological polar surface area (TPSA) is 74.6 Å². The Balaban J connectivity index is 2.03. The van der Waals surface area contributed by atoms with E-state index in [0.717, 1.165) is 36.4 Å². The van der Waals surface area contributed by atoms with Crippen molar-refractivity contribution in [3.05, 3.63) is 44.7 Å². The minimum absolute atomic E-state index is 0.0489. The van der Waals surface area contributed by atoms with Gasteiger partial charge in [-0.05, 0) is 26.8 Å². The van der Waals surface area contributed by atoms with Gasteiger partial charge in [-0.2, -0.15) is 0 Å². The number of nitrogens with zero attached hydrogens (tertiary/aromatic N) is 2. The zero-order chi connectivity index (χ0) is 19.5. The molecular formula is C20H22ClN3O3. The number of hydrogen-bond acceptors (Lipinski definition) is 4. The number of aromatic nitrogens is 1. The second kappa shape index (κ2) is 6.11. The number of halogens is 1. The number of carboxylic acids is 1. The average molecular weight is 388 g/mol. The summed E-state index contributed by atoms with van der Waals surface area (Å²) in [5.41, 5.74) is 1.74. The van der Waals surface area contributed by atoms with Crippen LogP contribution in [0.5, 0.6) is 0 Å². The maximum Gasteiger partial charge on any atom is 0.341 e. The van der Waals surface area contributed by atoms with Crippen LogP contribution in [-0.2, 0) is 0 Å². The van der Waals surface area contributed by atoms with E-state index in [2.05, 4.69) is 24.1 Å². The molecule has 0 bridgehead atoms. The van der Waals surface area contributed by atoms with Crippen molar-refractivity contribution < 1.29 is 9.90 Å². The summed E-state index contributed by atoms with van der Waals surface area (Å²) in [6.07, 6.45) is 5.46. The SMILES string of the molecule is CC1C=Cc2c(N3CCNC(C)(C)C3)c(Cl)cc3c(=O)c(C(=O)O)cn1c23. The number of hydrogen-bond donors (Lipinski definition) is 2. The van der Waals surface area contributed by atoms with E-state index in [9.17, 15) is 14.7 Å². The van der Waals surface area contributed by atoms with Gasteiger partial charge in [0, 0.05) is 48.4 Å². The van der Waals surface area contributed by atoms with Gasteiger partial charge in [0.25, 0.3) is 0 Å². The summed E-state index contributed by atoms with van der Waals surface area (Å²) in [6, 6.07) is 1.58. The molecule has 2 aliphatic rings. The molecule has 0 amide bonds. The number of rotatable bonds is 2. The molecule has 4 rings (SSSR count). The quantitative estimate of drug-likeness (QED) is 0.828. The Morgan fingerprint density at radius 2 is 2.15 bits per heavy atom. The second-order valence-corrected chi connectivity index (χ2v) is 8.34. The predicted octanol–water partition coefficient (Wildman–Crippen LogP) is 3.13. The first-order valence-corrected chi connectivity index (χ1v) is 9.40. The first-order valence-electron chi connectivity index (χ1n) is 9.02. The van der Waals surface area contributed by atoms with Gasteiger partial charge >= 0.3 is 5.97 Å². The molecule has 1 saturated heterocycles. The number of piperazine rings is 1. The summed E-state index contributed by atoms with van der Waals surface area (Å²) < 4.78 is 1.86. The van der Waals surface area contributed by atoms with E-state index in [4.69, 9.17) is 11.6 Å². The van der Waals surface area contributed by atoms with E-state index >= 15 is 0 Å². The Morgan fingerprint density at radius 3 is 2.81 bits per heavy atom. The summed E-state index contributed by atoms with van der Waals surface area (Å²) in [4.78, 5) is 26.5. The van der Waals surface area contributed by atoms with Crippen LogP contribution >= 0.6 is 11.6 Å². The molecule has 3 heterocycles. The van der Waals surface area contributed by atoms with Gasteiger partial charge in [0.2, 0.25) is 5.43 Å². The Hall–Kier alpha value is -2.31. The molecule has 7 heteroatoms. The Kier molecular flexibility index (Phi) is 4.09. The molecule has 0 radical (unpaired) electrons. The first kappa shape index (κ1) is 18.1. The molecule has 1 fully saturated rings. The third kappa shape index (κ3) is 2.84. The van der Waals surface area contributed by atoms with Gasteiger partial charge in [0.15, 0.2) is 0 Å². The fourth-order valence-corrected chi connectivity index (χ4v) is 4.45. The molecule has 0 aliphatic carbocycles. The second-order valence-electron chi connectivity index (χ2n) is 7.93. The minimum atomic E-state index is -1.22. The summed E-state index contributed by atoms with van der Waals surface area (Å²) in [5, 5.41) is 13.7. The van der Waals surface area contributed by atoms with Crippen molar-refractivity contribution in [2.75, 3.05) is 24.5 Å². The van der Waals surface area contributed by atoms with Gasteiger partial charge in [0.05, 0.1) is 16.2 Å². The highest BCUT2D eigenvalue weighted by Crippen LogP contribution is 2.40. The van der Waals surface area contributed by atoms with Crippen molar-refractivity contribution in [1.29, 1.82) is 0 Å². The summed E-state index contributed by atoms with van der Waals surface area (Å²) in [6.45, 7) is 8.69. The highest BCUT2D eigenvalue weighted by Gasteiger charge is 2.30. The molecule has 1 atom stereocenters. The molecular weight excluding hydrogens is 366 g/mol. The van der Waals surface area contributed by atoms with E-state index in [-0.39, 0.29) is 17.1 Å². The fourth-order valence-electron chi connectivity index (χ4n) is 4.12. The number of aromatic carboxylic acids is 1.